The first-order valence-electron chi connectivity index (χ1n) is 6.47. The number of rotatable bonds is 9. The molecule has 0 radical (unpaired) electrons. The topological polar surface area (TPSA) is 116 Å². The van der Waals surface area contributed by atoms with E-state index in [-0.39, 0.29) is 22.8 Å². The highest BCUT2D eigenvalue weighted by Gasteiger charge is 2.16. The molecule has 0 aromatic heterocycles. The van der Waals surface area contributed by atoms with Crippen molar-refractivity contribution in [3.05, 3.63) is 23.8 Å². The number of nitrogens with two attached hydrogens (primary N) is 1. The maximum Gasteiger partial charge on any atom is 0.339 e. The third-order valence-corrected chi connectivity index (χ3v) is 3.55. The minimum Gasteiger partial charge on any atom is -0.490 e. The largest absolute Gasteiger partial charge is 0.490 e. The molecule has 0 fully saturated rings. The summed E-state index contributed by atoms with van der Waals surface area (Å²) in [5.41, 5.74) is -0.255. The fourth-order valence-electron chi connectivity index (χ4n) is 1.54. The van der Waals surface area contributed by atoms with Crippen LogP contribution in [0.5, 0.6) is 5.75 Å². The number of unbranched alkanes of at least 4 members (excludes halogenated alkanes) is 1. The van der Waals surface area contributed by atoms with Crippen LogP contribution in [0.15, 0.2) is 23.1 Å². The molecule has 1 aromatic carbocycles. The van der Waals surface area contributed by atoms with Gasteiger partial charge in [-0.2, -0.15) is 0 Å². The fourth-order valence-corrected chi connectivity index (χ4v) is 2.08. The summed E-state index contributed by atoms with van der Waals surface area (Å²) in [5.74, 6) is -1.21. The van der Waals surface area contributed by atoms with Gasteiger partial charge in [0.15, 0.2) is 0 Å². The number of carboxylic acids is 1. The van der Waals surface area contributed by atoms with Crippen LogP contribution < -0.4 is 9.88 Å². The summed E-state index contributed by atoms with van der Waals surface area (Å²) in [6.45, 7) is 3.18. The van der Waals surface area contributed by atoms with Crippen LogP contribution in [0.4, 0.5) is 0 Å². The van der Waals surface area contributed by atoms with E-state index < -0.39 is 16.0 Å². The van der Waals surface area contributed by atoms with Crippen LogP contribution in [0.1, 0.15) is 30.1 Å². The first kappa shape index (κ1) is 17.4. The number of ether oxygens (including phenoxy) is 2. The van der Waals surface area contributed by atoms with E-state index in [9.17, 15) is 13.2 Å². The van der Waals surface area contributed by atoms with E-state index in [0.29, 0.717) is 13.2 Å². The Morgan fingerprint density at radius 3 is 2.57 bits per heavy atom. The summed E-state index contributed by atoms with van der Waals surface area (Å²) in [6.07, 6.45) is 1.97. The SMILES string of the molecule is CCCCOCCOc1ccc(S(N)(=O)=O)cc1C(=O)O. The molecule has 3 N–H and O–H groups in total. The zero-order valence-electron chi connectivity index (χ0n) is 11.7. The van der Waals surface area contributed by atoms with Crippen molar-refractivity contribution in [1.82, 2.24) is 0 Å². The Bertz CT molecular complexity index is 584. The maximum atomic E-state index is 11.2. The first-order chi connectivity index (χ1) is 9.86. The number of sulfonamides is 1. The van der Waals surface area contributed by atoms with Crippen molar-refractivity contribution in [2.75, 3.05) is 19.8 Å². The van der Waals surface area contributed by atoms with E-state index in [0.717, 1.165) is 18.9 Å². The molecule has 0 saturated carbocycles. The molecule has 8 heteroatoms. The van der Waals surface area contributed by atoms with Gasteiger partial charge in [-0.15, -0.1) is 0 Å². The molecule has 7 nitrogen and oxygen atoms in total. The van der Waals surface area contributed by atoms with Gasteiger partial charge in [0.25, 0.3) is 0 Å². The minimum atomic E-state index is -3.95. The third-order valence-electron chi connectivity index (χ3n) is 2.64. The van der Waals surface area contributed by atoms with E-state index in [1.807, 2.05) is 6.92 Å². The molecule has 0 spiro atoms. The van der Waals surface area contributed by atoms with Gasteiger partial charge >= 0.3 is 5.97 Å². The zero-order chi connectivity index (χ0) is 15.9. The summed E-state index contributed by atoms with van der Waals surface area (Å²) in [5, 5.41) is 14.0. The zero-order valence-corrected chi connectivity index (χ0v) is 12.6. The van der Waals surface area contributed by atoms with Gasteiger partial charge < -0.3 is 14.6 Å². The van der Waals surface area contributed by atoms with Crippen molar-refractivity contribution in [3.8, 4) is 5.75 Å². The maximum absolute atomic E-state index is 11.2. The molecular formula is C13H19NO6S. The number of carbonyl (C=O) groups is 1. The highest BCUT2D eigenvalue weighted by Crippen LogP contribution is 2.22. The van der Waals surface area contributed by atoms with Crippen LogP contribution in [-0.2, 0) is 14.8 Å². The molecule has 1 aromatic rings. The lowest BCUT2D eigenvalue weighted by molar-refractivity contribution is 0.0684. The fraction of sp³-hybridized carbons (Fsp3) is 0.462. The van der Waals surface area contributed by atoms with Gasteiger partial charge in [0.1, 0.15) is 17.9 Å². The van der Waals surface area contributed by atoms with Crippen molar-refractivity contribution in [2.24, 2.45) is 5.14 Å². The third kappa shape index (κ3) is 5.70. The van der Waals surface area contributed by atoms with Gasteiger partial charge in [-0.3, -0.25) is 0 Å². The Labute approximate surface area is 123 Å². The van der Waals surface area contributed by atoms with Gasteiger partial charge in [0.05, 0.1) is 11.5 Å². The quantitative estimate of drug-likeness (QED) is 0.662. The predicted octanol–water partition coefficient (Wildman–Crippen LogP) is 1.23. The Hall–Kier alpha value is -1.64. The van der Waals surface area contributed by atoms with Gasteiger partial charge in [-0.1, -0.05) is 13.3 Å². The van der Waals surface area contributed by atoms with Crippen molar-refractivity contribution in [1.29, 1.82) is 0 Å². The van der Waals surface area contributed by atoms with Gasteiger partial charge in [0, 0.05) is 6.61 Å². The Balaban J connectivity index is 2.72. The van der Waals surface area contributed by atoms with E-state index in [2.05, 4.69) is 0 Å². The summed E-state index contributed by atoms with van der Waals surface area (Å²) in [7, 11) is -3.95. The summed E-state index contributed by atoms with van der Waals surface area (Å²) in [6, 6.07) is 3.45. The number of aromatic carboxylic acids is 1. The van der Waals surface area contributed by atoms with Gasteiger partial charge in [-0.25, -0.2) is 18.4 Å². The Morgan fingerprint density at radius 2 is 2.00 bits per heavy atom. The van der Waals surface area contributed by atoms with E-state index in [1.165, 1.54) is 12.1 Å². The molecule has 0 aliphatic rings. The van der Waals surface area contributed by atoms with Crippen LogP contribution in [0, 0.1) is 0 Å². The lowest BCUT2D eigenvalue weighted by Gasteiger charge is -2.10. The molecule has 118 valence electrons. The molecule has 0 unspecified atom stereocenters. The number of carboxylic acid groups (broad SMARTS) is 1. The van der Waals surface area contributed by atoms with Crippen LogP contribution in [0.3, 0.4) is 0 Å². The van der Waals surface area contributed by atoms with Crippen LogP contribution >= 0.6 is 0 Å². The lowest BCUT2D eigenvalue weighted by atomic mass is 10.2. The second kappa shape index (κ2) is 7.96. The number of hydrogen-bond donors (Lipinski definition) is 2. The Kier molecular flexibility index (Phi) is 6.60. The van der Waals surface area contributed by atoms with E-state index in [1.54, 1.807) is 0 Å². The monoisotopic (exact) mass is 317 g/mol. The lowest BCUT2D eigenvalue weighted by Crippen LogP contribution is -2.14. The molecule has 0 aliphatic heterocycles. The van der Waals surface area contributed by atoms with Crippen LogP contribution in [0.2, 0.25) is 0 Å². The molecule has 0 atom stereocenters. The second-order valence-corrected chi connectivity index (χ2v) is 5.88. The van der Waals surface area contributed by atoms with Gasteiger partial charge in [0.2, 0.25) is 10.0 Å². The predicted molar refractivity (Wildman–Crippen MR) is 76.0 cm³/mol. The van der Waals surface area contributed by atoms with Crippen molar-refractivity contribution in [3.63, 3.8) is 0 Å². The molecular weight excluding hydrogens is 298 g/mol. The number of primary sulfonamides is 1. The van der Waals surface area contributed by atoms with Crippen molar-refractivity contribution >= 4 is 16.0 Å². The molecule has 0 amide bonds. The minimum absolute atomic E-state index is 0.0778. The first-order valence-corrected chi connectivity index (χ1v) is 8.01. The molecule has 0 bridgehead atoms. The van der Waals surface area contributed by atoms with E-state index >= 15 is 0 Å². The Morgan fingerprint density at radius 1 is 1.29 bits per heavy atom. The highest BCUT2D eigenvalue weighted by atomic mass is 32.2. The summed E-state index contributed by atoms with van der Waals surface area (Å²) >= 11 is 0. The van der Waals surface area contributed by atoms with Crippen LogP contribution in [-0.4, -0.2) is 39.3 Å². The van der Waals surface area contributed by atoms with Crippen LogP contribution in [0.25, 0.3) is 0 Å². The smallest absolute Gasteiger partial charge is 0.339 e. The van der Waals surface area contributed by atoms with Crippen molar-refractivity contribution < 1.29 is 27.8 Å². The number of benzene rings is 1. The molecule has 1 rings (SSSR count). The average Bonchev–Trinajstić information content (AvgIpc) is 2.41. The number of hydrogen-bond acceptors (Lipinski definition) is 5. The van der Waals surface area contributed by atoms with Crippen molar-refractivity contribution in [2.45, 2.75) is 24.7 Å². The highest BCUT2D eigenvalue weighted by molar-refractivity contribution is 7.89. The summed E-state index contributed by atoms with van der Waals surface area (Å²) < 4.78 is 33.0. The second-order valence-electron chi connectivity index (χ2n) is 4.32. The normalized spacial score (nSPS) is 11.3. The molecule has 0 heterocycles. The molecule has 21 heavy (non-hydrogen) atoms. The average molecular weight is 317 g/mol. The van der Waals surface area contributed by atoms with E-state index in [4.69, 9.17) is 19.7 Å². The molecule has 0 saturated heterocycles. The standard InChI is InChI=1S/C13H19NO6S/c1-2-3-6-19-7-8-20-12-5-4-10(21(14,17)18)9-11(12)13(15)16/h4-5,9H,2-3,6-8H2,1H3,(H,15,16)(H2,14,17,18). The summed E-state index contributed by atoms with van der Waals surface area (Å²) in [4.78, 5) is 10.9. The molecule has 0 aliphatic carbocycles. The van der Waals surface area contributed by atoms with Gasteiger partial charge in [-0.05, 0) is 24.6 Å².